The second-order valence-corrected chi connectivity index (χ2v) is 9.39. The highest BCUT2D eigenvalue weighted by Gasteiger charge is 2.40. The molecule has 0 bridgehead atoms. The monoisotopic (exact) mass is 448 g/mol. The van der Waals surface area contributed by atoms with Crippen LogP contribution in [-0.4, -0.2) is 55.7 Å². The van der Waals surface area contributed by atoms with E-state index in [4.69, 9.17) is 10.1 Å². The Bertz CT molecular complexity index is 1150. The predicted octanol–water partition coefficient (Wildman–Crippen LogP) is 3.58. The van der Waals surface area contributed by atoms with Crippen molar-refractivity contribution in [2.24, 2.45) is 0 Å². The molecule has 1 unspecified atom stereocenters. The van der Waals surface area contributed by atoms with E-state index in [0.717, 1.165) is 11.3 Å². The lowest BCUT2D eigenvalue weighted by Gasteiger charge is -2.28. The van der Waals surface area contributed by atoms with E-state index < -0.39 is 0 Å². The fraction of sp³-hybridized carbons (Fsp3) is 0.423. The van der Waals surface area contributed by atoms with E-state index in [1.54, 1.807) is 18.0 Å². The van der Waals surface area contributed by atoms with Gasteiger partial charge in [0.15, 0.2) is 5.78 Å². The smallest absolute Gasteiger partial charge is 0.254 e. The fourth-order valence-corrected chi connectivity index (χ4v) is 4.87. The van der Waals surface area contributed by atoms with Gasteiger partial charge in [0.05, 0.1) is 18.7 Å². The Hall–Kier alpha value is -3.35. The number of anilines is 1. The molecule has 2 aromatic rings. The summed E-state index contributed by atoms with van der Waals surface area (Å²) in [6.07, 6.45) is 0. The van der Waals surface area contributed by atoms with Crippen molar-refractivity contribution in [2.75, 3.05) is 32.1 Å². The van der Waals surface area contributed by atoms with Crippen LogP contribution in [0.5, 0.6) is 5.75 Å². The molecule has 0 saturated heterocycles. The van der Waals surface area contributed by atoms with Crippen molar-refractivity contribution < 1.29 is 14.3 Å². The highest BCUT2D eigenvalue weighted by molar-refractivity contribution is 6.07. The molecule has 1 atom stereocenters. The molecule has 0 spiro atoms. The van der Waals surface area contributed by atoms with Crippen molar-refractivity contribution in [3.8, 4) is 5.75 Å². The summed E-state index contributed by atoms with van der Waals surface area (Å²) in [5.41, 5.74) is 4.90. The molecule has 0 fully saturated rings. The first kappa shape index (κ1) is 22.8. The number of carbonyl (C=O) groups is 2. The summed E-state index contributed by atoms with van der Waals surface area (Å²) in [6, 6.07) is 9.78. The number of nitrogens with one attached hydrogen (secondary N) is 2. The lowest BCUT2D eigenvalue weighted by atomic mass is 9.80. The fourth-order valence-electron chi connectivity index (χ4n) is 4.87. The Morgan fingerprint density at radius 1 is 1.24 bits per heavy atom. The predicted molar refractivity (Wildman–Crippen MR) is 130 cm³/mol. The van der Waals surface area contributed by atoms with Crippen molar-refractivity contribution in [1.82, 2.24) is 10.2 Å². The molecule has 2 aliphatic rings. The molecule has 174 valence electrons. The maximum Gasteiger partial charge on any atom is 0.254 e. The van der Waals surface area contributed by atoms with Gasteiger partial charge < -0.3 is 19.9 Å². The Labute approximate surface area is 195 Å². The number of Topliss-reactive ketones (excluding diaryl/α,β-unsaturated/α-hetero) is 1. The Morgan fingerprint density at radius 3 is 2.64 bits per heavy atom. The summed E-state index contributed by atoms with van der Waals surface area (Å²) in [5, 5.41) is 11.3. The van der Waals surface area contributed by atoms with Gasteiger partial charge in [-0.15, -0.1) is 0 Å². The van der Waals surface area contributed by atoms with E-state index in [1.165, 1.54) is 5.56 Å². The second kappa shape index (κ2) is 8.21. The molecule has 1 amide bonds. The van der Waals surface area contributed by atoms with Crippen LogP contribution in [0.4, 0.5) is 5.69 Å². The quantitative estimate of drug-likeness (QED) is 0.660. The number of hydrogen-bond acceptors (Lipinski definition) is 5. The van der Waals surface area contributed by atoms with Crippen LogP contribution >= 0.6 is 0 Å². The van der Waals surface area contributed by atoms with E-state index in [2.05, 4.69) is 38.0 Å². The average Bonchev–Trinajstić information content (AvgIpc) is 3.18. The van der Waals surface area contributed by atoms with Crippen LogP contribution in [0.3, 0.4) is 0 Å². The standard InChI is InChI=1S/C26H32N4O3/c1-7-33-23-11-17-13-30(24(27)18(17)12-19(23)25(32)28-5)14-22(31)16-8-9-21-20(10-16)26(3,4)15(2)29(21)6/h8-12,15,27H,7,13-14H2,1-6H3,(H,28,32). The van der Waals surface area contributed by atoms with E-state index in [-0.39, 0.29) is 29.5 Å². The maximum absolute atomic E-state index is 13.2. The van der Waals surface area contributed by atoms with E-state index in [1.807, 2.05) is 31.2 Å². The molecule has 4 rings (SSSR count). The summed E-state index contributed by atoms with van der Waals surface area (Å²) in [6.45, 7) is 9.47. The van der Waals surface area contributed by atoms with Gasteiger partial charge >= 0.3 is 0 Å². The molecule has 7 nitrogen and oxygen atoms in total. The molecule has 0 aliphatic carbocycles. The van der Waals surface area contributed by atoms with Gasteiger partial charge in [-0.2, -0.15) is 0 Å². The largest absolute Gasteiger partial charge is 0.493 e. The van der Waals surface area contributed by atoms with Crippen molar-refractivity contribution in [3.63, 3.8) is 0 Å². The van der Waals surface area contributed by atoms with Gasteiger partial charge in [-0.1, -0.05) is 13.8 Å². The number of benzene rings is 2. The third-order valence-electron chi connectivity index (χ3n) is 7.26. The number of ketones is 1. The molecule has 2 N–H and O–H groups in total. The normalized spacial score (nSPS) is 18.2. The SMILES string of the molecule is CCOc1cc2c(cc1C(=O)NC)C(=N)N(CC(=O)c1ccc3c(c1)C(C)(C)C(C)N3C)C2. The van der Waals surface area contributed by atoms with Gasteiger partial charge in [0.25, 0.3) is 5.91 Å². The van der Waals surface area contributed by atoms with Gasteiger partial charge in [0, 0.05) is 48.9 Å². The highest BCUT2D eigenvalue weighted by atomic mass is 16.5. The minimum Gasteiger partial charge on any atom is -0.493 e. The maximum atomic E-state index is 13.2. The van der Waals surface area contributed by atoms with Crippen molar-refractivity contribution in [3.05, 3.63) is 58.1 Å². The van der Waals surface area contributed by atoms with Gasteiger partial charge in [-0.25, -0.2) is 0 Å². The van der Waals surface area contributed by atoms with Gasteiger partial charge in [-0.3, -0.25) is 15.0 Å². The first-order chi connectivity index (χ1) is 15.6. The van der Waals surface area contributed by atoms with Crippen LogP contribution in [0.1, 0.15) is 65.1 Å². The lowest BCUT2D eigenvalue weighted by Crippen LogP contribution is -2.36. The van der Waals surface area contributed by atoms with Gasteiger partial charge in [-0.05, 0) is 55.3 Å². The molecule has 33 heavy (non-hydrogen) atoms. The zero-order valence-corrected chi connectivity index (χ0v) is 20.2. The average molecular weight is 449 g/mol. The molecule has 0 saturated carbocycles. The Balaban J connectivity index is 1.58. The molecule has 2 aliphatic heterocycles. The minimum absolute atomic E-state index is 0.0232. The number of hydrogen-bond donors (Lipinski definition) is 2. The molecule has 2 heterocycles. The zero-order valence-electron chi connectivity index (χ0n) is 20.2. The molecule has 2 aromatic carbocycles. The summed E-state index contributed by atoms with van der Waals surface area (Å²) in [5.74, 6) is 0.463. The van der Waals surface area contributed by atoms with Crippen LogP contribution in [0.15, 0.2) is 30.3 Å². The third kappa shape index (κ3) is 3.65. The third-order valence-corrected chi connectivity index (χ3v) is 7.26. The number of nitrogens with zero attached hydrogens (tertiary/aromatic N) is 2. The summed E-state index contributed by atoms with van der Waals surface area (Å²) < 4.78 is 5.66. The summed E-state index contributed by atoms with van der Waals surface area (Å²) >= 11 is 0. The molecule has 7 heteroatoms. The second-order valence-electron chi connectivity index (χ2n) is 9.39. The number of ether oxygens (including phenoxy) is 1. The van der Waals surface area contributed by atoms with Crippen molar-refractivity contribution in [1.29, 1.82) is 5.41 Å². The number of rotatable bonds is 6. The highest BCUT2D eigenvalue weighted by Crippen LogP contribution is 2.44. The molecular weight excluding hydrogens is 416 g/mol. The Kier molecular flexibility index (Phi) is 5.68. The number of amidine groups is 1. The number of carbonyl (C=O) groups excluding carboxylic acids is 2. The van der Waals surface area contributed by atoms with Crippen LogP contribution in [0.25, 0.3) is 0 Å². The lowest BCUT2D eigenvalue weighted by molar-refractivity contribution is 0.0953. The molecule has 0 aromatic heterocycles. The van der Waals surface area contributed by atoms with E-state index in [9.17, 15) is 9.59 Å². The van der Waals surface area contributed by atoms with Crippen molar-refractivity contribution >= 4 is 23.2 Å². The minimum atomic E-state index is -0.261. The van der Waals surface area contributed by atoms with Crippen LogP contribution in [0.2, 0.25) is 0 Å². The first-order valence-corrected chi connectivity index (χ1v) is 11.4. The number of likely N-dealkylation sites (N-methyl/N-ethyl adjacent to an activating group) is 1. The summed E-state index contributed by atoms with van der Waals surface area (Å²) in [7, 11) is 3.66. The van der Waals surface area contributed by atoms with Crippen LogP contribution < -0.4 is 15.0 Å². The van der Waals surface area contributed by atoms with Crippen LogP contribution in [0, 0.1) is 5.41 Å². The first-order valence-electron chi connectivity index (χ1n) is 11.4. The van der Waals surface area contributed by atoms with E-state index >= 15 is 0 Å². The number of amides is 1. The van der Waals surface area contributed by atoms with E-state index in [0.29, 0.717) is 41.6 Å². The van der Waals surface area contributed by atoms with Gasteiger partial charge in [0.1, 0.15) is 11.6 Å². The van der Waals surface area contributed by atoms with Crippen LogP contribution in [-0.2, 0) is 12.0 Å². The topological polar surface area (TPSA) is 85.7 Å². The zero-order chi connectivity index (χ0) is 24.1. The molecule has 0 radical (unpaired) electrons. The summed E-state index contributed by atoms with van der Waals surface area (Å²) in [4.78, 5) is 29.6. The number of fused-ring (bicyclic) bond motifs is 2. The molecular formula is C26H32N4O3. The van der Waals surface area contributed by atoms with Crippen molar-refractivity contribution in [2.45, 2.75) is 45.7 Å². The van der Waals surface area contributed by atoms with Gasteiger partial charge in [0.2, 0.25) is 0 Å². The Morgan fingerprint density at radius 2 is 1.97 bits per heavy atom.